The molecule has 47 heavy (non-hydrogen) atoms. The average Bonchev–Trinajstić information content (AvgIpc) is 3.08. The van der Waals surface area contributed by atoms with Crippen LogP contribution in [0.2, 0.25) is 0 Å². The number of hydrogen-bond acceptors (Lipinski definition) is 3. The first-order valence-electron chi connectivity index (χ1n) is 17.1. The quantitative estimate of drug-likeness (QED) is 0.131. The van der Waals surface area contributed by atoms with Gasteiger partial charge in [0, 0.05) is 17.3 Å². The first kappa shape index (κ1) is 35.6. The lowest BCUT2D eigenvalue weighted by Gasteiger charge is -2.31. The highest BCUT2D eigenvalue weighted by Gasteiger charge is 2.29. The summed E-state index contributed by atoms with van der Waals surface area (Å²) in [6.45, 7) is 24.0. The molecule has 0 aromatic heterocycles. The van der Waals surface area contributed by atoms with Gasteiger partial charge in [0.15, 0.2) is 0 Å². The van der Waals surface area contributed by atoms with Gasteiger partial charge in [0.25, 0.3) is 0 Å². The van der Waals surface area contributed by atoms with Crippen molar-refractivity contribution in [3.8, 4) is 23.3 Å². The zero-order valence-corrected chi connectivity index (χ0v) is 30.0. The maximum absolute atomic E-state index is 9.78. The van der Waals surface area contributed by atoms with E-state index in [4.69, 9.17) is 9.47 Å². The topological polar surface area (TPSA) is 42.2 Å². The van der Waals surface area contributed by atoms with Crippen LogP contribution in [-0.2, 0) is 16.2 Å². The Bertz CT molecular complexity index is 1700. The number of hydrogen-bond donors (Lipinski definition) is 0. The molecule has 1 atom stereocenters. The molecule has 0 radical (unpaired) electrons. The lowest BCUT2D eigenvalue weighted by Crippen LogP contribution is -2.30. The summed E-state index contributed by atoms with van der Waals surface area (Å²) in [5.74, 6) is 2.21. The van der Waals surface area contributed by atoms with E-state index in [0.29, 0.717) is 11.3 Å². The molecule has 0 aliphatic carbocycles. The van der Waals surface area contributed by atoms with Crippen LogP contribution in [0.1, 0.15) is 121 Å². The van der Waals surface area contributed by atoms with Gasteiger partial charge in [-0.05, 0) is 95.8 Å². The predicted molar refractivity (Wildman–Crippen MR) is 197 cm³/mol. The van der Waals surface area contributed by atoms with E-state index in [1.54, 1.807) is 0 Å². The monoisotopic (exact) mass is 627 g/mol. The van der Waals surface area contributed by atoms with Crippen molar-refractivity contribution in [1.82, 2.24) is 0 Å². The summed E-state index contributed by atoms with van der Waals surface area (Å²) in [5.41, 5.74) is 6.04. The van der Waals surface area contributed by atoms with Gasteiger partial charge in [-0.2, -0.15) is 5.26 Å². The Balaban J connectivity index is 1.56. The summed E-state index contributed by atoms with van der Waals surface area (Å²) in [6, 6.07) is 34.1. The smallest absolute Gasteiger partial charge is 0.145 e. The fourth-order valence-electron chi connectivity index (χ4n) is 6.22. The van der Waals surface area contributed by atoms with E-state index >= 15 is 0 Å². The van der Waals surface area contributed by atoms with Crippen LogP contribution in [0.5, 0.6) is 17.2 Å². The molecule has 0 amide bonds. The van der Waals surface area contributed by atoms with E-state index in [-0.39, 0.29) is 21.8 Å². The van der Waals surface area contributed by atoms with Gasteiger partial charge >= 0.3 is 0 Å². The molecular formula is C44H53NO2. The predicted octanol–water partition coefficient (Wildman–Crippen LogP) is 12.2. The molecule has 1 unspecified atom stereocenters. The molecule has 0 N–H and O–H groups in total. The van der Waals surface area contributed by atoms with Gasteiger partial charge < -0.3 is 9.47 Å². The van der Waals surface area contributed by atoms with Crippen molar-refractivity contribution in [2.75, 3.05) is 0 Å². The van der Waals surface area contributed by atoms with E-state index in [1.807, 2.05) is 30.3 Å². The zero-order chi connectivity index (χ0) is 34.5. The van der Waals surface area contributed by atoms with Gasteiger partial charge in [0.05, 0.1) is 5.56 Å². The fraction of sp³-hybridized carbons (Fsp3) is 0.386. The molecule has 0 saturated heterocycles. The van der Waals surface area contributed by atoms with Crippen LogP contribution in [0.15, 0.2) is 104 Å². The Kier molecular flexibility index (Phi) is 10.8. The number of benzene rings is 4. The minimum atomic E-state index is -0.251. The van der Waals surface area contributed by atoms with E-state index in [0.717, 1.165) is 37.2 Å². The Morgan fingerprint density at radius 1 is 0.638 bits per heavy atom. The fourth-order valence-corrected chi connectivity index (χ4v) is 6.22. The van der Waals surface area contributed by atoms with E-state index < -0.39 is 0 Å². The first-order chi connectivity index (χ1) is 22.2. The molecule has 3 nitrogen and oxygen atoms in total. The molecule has 0 heterocycles. The van der Waals surface area contributed by atoms with Crippen LogP contribution in [0, 0.1) is 11.3 Å². The molecule has 0 spiro atoms. The van der Waals surface area contributed by atoms with Crippen molar-refractivity contribution in [2.45, 2.75) is 110 Å². The largest absolute Gasteiger partial charge is 0.487 e. The normalized spacial score (nSPS) is 13.4. The average molecular weight is 628 g/mol. The van der Waals surface area contributed by atoms with Crippen molar-refractivity contribution < 1.29 is 9.47 Å². The second kappa shape index (κ2) is 14.2. The van der Waals surface area contributed by atoms with Crippen LogP contribution in [0.3, 0.4) is 0 Å². The highest BCUT2D eigenvalue weighted by atomic mass is 16.5. The van der Waals surface area contributed by atoms with Gasteiger partial charge in [-0.1, -0.05) is 116 Å². The van der Waals surface area contributed by atoms with Crippen LogP contribution in [0.4, 0.5) is 0 Å². The second-order valence-corrected chi connectivity index (χ2v) is 14.5. The van der Waals surface area contributed by atoms with Crippen molar-refractivity contribution in [3.05, 3.63) is 137 Å². The highest BCUT2D eigenvalue weighted by molar-refractivity contribution is 5.50. The maximum Gasteiger partial charge on any atom is 0.145 e. The number of nitrogens with zero attached hydrogens (tertiary/aromatic N) is 1. The molecule has 0 aliphatic rings. The SMILES string of the molecule is C=CCC(C)(CC)Oc1ccc(C(C)(C)c2cccc(C(C)(C)c3ccc(Oc4cc(C(C)(CC)CC)ccc4C#N)cc3)c2)cc1. The second-order valence-electron chi connectivity index (χ2n) is 14.5. The Hall–Kier alpha value is -4.29. The third-order valence-corrected chi connectivity index (χ3v) is 10.7. The van der Waals surface area contributed by atoms with E-state index in [9.17, 15) is 5.26 Å². The molecule has 0 bridgehead atoms. The summed E-state index contributed by atoms with van der Waals surface area (Å²) < 4.78 is 12.7. The van der Waals surface area contributed by atoms with Crippen molar-refractivity contribution in [1.29, 1.82) is 5.26 Å². The number of rotatable bonds is 14. The highest BCUT2D eigenvalue weighted by Crippen LogP contribution is 2.39. The van der Waals surface area contributed by atoms with E-state index in [2.05, 4.69) is 142 Å². The molecule has 4 aromatic carbocycles. The van der Waals surface area contributed by atoms with Crippen LogP contribution < -0.4 is 9.47 Å². The van der Waals surface area contributed by atoms with Gasteiger partial charge in [-0.25, -0.2) is 0 Å². The molecule has 3 heteroatoms. The van der Waals surface area contributed by atoms with Gasteiger partial charge in [-0.15, -0.1) is 6.58 Å². The third-order valence-electron chi connectivity index (χ3n) is 10.7. The summed E-state index contributed by atoms with van der Waals surface area (Å²) in [6.07, 6.45) is 5.69. The minimum Gasteiger partial charge on any atom is -0.487 e. The Labute approximate surface area is 284 Å². The molecule has 246 valence electrons. The Morgan fingerprint density at radius 2 is 1.15 bits per heavy atom. The standard InChI is InChI=1S/C44H53NO2/c1-11-28-44(10,14-4)47-39-26-22-34(23-27-39)42(7,8)36-17-15-16-35(29-36)41(5,6)33-20-24-38(25-21-33)46-40-30-37(19-18-32(40)31-45)43(9,12-2)13-3/h11,15-27,29-30H,1,12-14,28H2,2-10H3. The molecule has 4 rings (SSSR count). The van der Waals surface area contributed by atoms with Crippen LogP contribution in [0.25, 0.3) is 0 Å². The minimum absolute atomic E-state index is 0.0447. The summed E-state index contributed by atoms with van der Waals surface area (Å²) in [4.78, 5) is 0. The molecular weight excluding hydrogens is 574 g/mol. The van der Waals surface area contributed by atoms with Gasteiger partial charge in [-0.3, -0.25) is 0 Å². The Morgan fingerprint density at radius 3 is 1.62 bits per heavy atom. The van der Waals surface area contributed by atoms with Crippen LogP contribution in [-0.4, -0.2) is 5.60 Å². The summed E-state index contributed by atoms with van der Waals surface area (Å²) >= 11 is 0. The maximum atomic E-state index is 9.78. The zero-order valence-electron chi connectivity index (χ0n) is 30.0. The molecule has 0 aliphatic heterocycles. The van der Waals surface area contributed by atoms with E-state index in [1.165, 1.54) is 27.8 Å². The lowest BCUT2D eigenvalue weighted by atomic mass is 9.73. The van der Waals surface area contributed by atoms with Gasteiger partial charge in [0.1, 0.15) is 28.9 Å². The van der Waals surface area contributed by atoms with Crippen molar-refractivity contribution in [2.24, 2.45) is 0 Å². The molecule has 0 fully saturated rings. The van der Waals surface area contributed by atoms with Crippen molar-refractivity contribution in [3.63, 3.8) is 0 Å². The third kappa shape index (κ3) is 7.65. The first-order valence-corrected chi connectivity index (χ1v) is 17.1. The summed E-state index contributed by atoms with van der Waals surface area (Å²) in [5, 5.41) is 9.78. The molecule has 4 aromatic rings. The number of nitriles is 1. The van der Waals surface area contributed by atoms with Gasteiger partial charge in [0.2, 0.25) is 0 Å². The number of ether oxygens (including phenoxy) is 2. The van der Waals surface area contributed by atoms with Crippen molar-refractivity contribution >= 4 is 0 Å². The van der Waals surface area contributed by atoms with Crippen LogP contribution >= 0.6 is 0 Å². The lowest BCUT2D eigenvalue weighted by molar-refractivity contribution is 0.0877. The molecule has 0 saturated carbocycles. The summed E-state index contributed by atoms with van der Waals surface area (Å²) in [7, 11) is 0.